The van der Waals surface area contributed by atoms with Crippen molar-refractivity contribution in [2.24, 2.45) is 5.92 Å². The number of nitro groups is 1. The first-order valence-electron chi connectivity index (χ1n) is 6.76. The fraction of sp³-hybridized carbons (Fsp3) is 0.571. The molecule has 0 aliphatic heterocycles. The molecule has 1 saturated carbocycles. The highest BCUT2D eigenvalue weighted by Gasteiger charge is 2.18. The molecule has 5 heteroatoms. The summed E-state index contributed by atoms with van der Waals surface area (Å²) in [5.74, 6) is -0.0302. The van der Waals surface area contributed by atoms with Crippen molar-refractivity contribution in [3.8, 4) is 0 Å². The molecule has 0 saturated heterocycles. The molecule has 1 fully saturated rings. The largest absolute Gasteiger partial charge is 0.382 e. The molecule has 1 aromatic carbocycles. The maximum Gasteiger partial charge on any atom is 0.304 e. The van der Waals surface area contributed by atoms with Gasteiger partial charge < -0.3 is 5.32 Å². The van der Waals surface area contributed by atoms with Gasteiger partial charge in [0, 0.05) is 23.9 Å². The quantitative estimate of drug-likeness (QED) is 0.508. The maximum atomic E-state index is 13.5. The molecule has 0 spiro atoms. The summed E-state index contributed by atoms with van der Waals surface area (Å²) in [5.41, 5.74) is 0.155. The van der Waals surface area contributed by atoms with Crippen molar-refractivity contribution in [2.45, 2.75) is 45.1 Å². The van der Waals surface area contributed by atoms with Crippen LogP contribution in [-0.4, -0.2) is 11.0 Å². The van der Waals surface area contributed by atoms with Gasteiger partial charge in [-0.05, 0) is 31.2 Å². The second-order valence-corrected chi connectivity index (χ2v) is 5.38. The molecule has 2 atom stereocenters. The van der Waals surface area contributed by atoms with E-state index in [2.05, 4.69) is 12.2 Å². The third-order valence-electron chi connectivity index (χ3n) is 3.77. The summed E-state index contributed by atoms with van der Waals surface area (Å²) in [6.45, 7) is 2.26. The zero-order valence-corrected chi connectivity index (χ0v) is 11.1. The van der Waals surface area contributed by atoms with Crippen LogP contribution in [0.3, 0.4) is 0 Å². The van der Waals surface area contributed by atoms with Crippen molar-refractivity contribution < 1.29 is 9.31 Å². The van der Waals surface area contributed by atoms with Crippen LogP contribution in [0.25, 0.3) is 0 Å². The average Bonchev–Trinajstić information content (AvgIpc) is 2.54. The summed E-state index contributed by atoms with van der Waals surface area (Å²) in [6, 6.07) is 4.35. The Morgan fingerprint density at radius 2 is 2.11 bits per heavy atom. The smallest absolute Gasteiger partial charge is 0.304 e. The molecule has 19 heavy (non-hydrogen) atoms. The van der Waals surface area contributed by atoms with Gasteiger partial charge in [0.05, 0.1) is 4.92 Å². The van der Waals surface area contributed by atoms with Crippen LogP contribution in [0.1, 0.15) is 39.0 Å². The number of rotatable bonds is 3. The number of nitrogens with zero attached hydrogens (tertiary/aromatic N) is 1. The van der Waals surface area contributed by atoms with E-state index in [4.69, 9.17) is 0 Å². The molecule has 0 amide bonds. The summed E-state index contributed by atoms with van der Waals surface area (Å²) < 4.78 is 13.5. The lowest BCUT2D eigenvalue weighted by Crippen LogP contribution is -2.18. The SMILES string of the molecule is CC1CCCC(Nc2ccc([N+](=O)[O-])c(F)c2)CC1. The molecular weight excluding hydrogens is 247 g/mol. The summed E-state index contributed by atoms with van der Waals surface area (Å²) in [5, 5.41) is 13.8. The first kappa shape index (κ1) is 13.8. The van der Waals surface area contributed by atoms with Crippen LogP contribution < -0.4 is 5.32 Å². The summed E-state index contributed by atoms with van der Waals surface area (Å²) in [6.07, 6.45) is 5.73. The first-order chi connectivity index (χ1) is 9.06. The highest BCUT2D eigenvalue weighted by Crippen LogP contribution is 2.26. The highest BCUT2D eigenvalue weighted by molar-refractivity contribution is 5.50. The van der Waals surface area contributed by atoms with Crippen molar-refractivity contribution in [1.29, 1.82) is 0 Å². The van der Waals surface area contributed by atoms with Gasteiger partial charge >= 0.3 is 5.69 Å². The van der Waals surface area contributed by atoms with Gasteiger partial charge in [0.2, 0.25) is 5.82 Å². The number of anilines is 1. The minimum Gasteiger partial charge on any atom is -0.382 e. The van der Waals surface area contributed by atoms with Crippen LogP contribution in [0, 0.1) is 21.8 Å². The molecule has 1 N–H and O–H groups in total. The summed E-state index contributed by atoms with van der Waals surface area (Å²) in [4.78, 5) is 9.85. The van der Waals surface area contributed by atoms with Gasteiger partial charge in [-0.3, -0.25) is 10.1 Å². The monoisotopic (exact) mass is 266 g/mol. The number of nitrogens with one attached hydrogen (secondary N) is 1. The third kappa shape index (κ3) is 3.66. The van der Waals surface area contributed by atoms with E-state index >= 15 is 0 Å². The van der Waals surface area contributed by atoms with Crippen molar-refractivity contribution in [1.82, 2.24) is 0 Å². The minimum absolute atomic E-state index is 0.339. The molecule has 0 radical (unpaired) electrons. The lowest BCUT2D eigenvalue weighted by atomic mass is 10.0. The molecular formula is C14H19FN2O2. The standard InChI is InChI=1S/C14H19FN2O2/c1-10-3-2-4-11(6-5-10)16-12-7-8-14(17(18)19)13(15)9-12/h7-11,16H,2-6H2,1H3. The van der Waals surface area contributed by atoms with E-state index in [1.165, 1.54) is 31.4 Å². The number of hydrogen-bond acceptors (Lipinski definition) is 3. The van der Waals surface area contributed by atoms with Crippen LogP contribution in [-0.2, 0) is 0 Å². The van der Waals surface area contributed by atoms with E-state index < -0.39 is 16.4 Å². The Balaban J connectivity index is 2.03. The van der Waals surface area contributed by atoms with Crippen molar-refractivity contribution >= 4 is 11.4 Å². The zero-order chi connectivity index (χ0) is 13.8. The molecule has 104 valence electrons. The molecule has 0 heterocycles. The molecule has 1 aliphatic carbocycles. The lowest BCUT2D eigenvalue weighted by molar-refractivity contribution is -0.387. The Kier molecular flexibility index (Phi) is 4.35. The van der Waals surface area contributed by atoms with Crippen LogP contribution in [0.4, 0.5) is 15.8 Å². The van der Waals surface area contributed by atoms with Gasteiger partial charge in [0.1, 0.15) is 0 Å². The second kappa shape index (κ2) is 5.99. The molecule has 0 bridgehead atoms. The van der Waals surface area contributed by atoms with E-state index in [0.29, 0.717) is 11.7 Å². The predicted molar refractivity (Wildman–Crippen MR) is 72.7 cm³/mol. The van der Waals surface area contributed by atoms with E-state index in [0.717, 1.165) is 18.8 Å². The second-order valence-electron chi connectivity index (χ2n) is 5.38. The fourth-order valence-electron chi connectivity index (χ4n) is 2.61. The Labute approximate surface area is 112 Å². The highest BCUT2D eigenvalue weighted by atomic mass is 19.1. The number of nitro benzene ring substituents is 1. The van der Waals surface area contributed by atoms with Crippen LogP contribution in [0.15, 0.2) is 18.2 Å². The van der Waals surface area contributed by atoms with Gasteiger partial charge in [0.15, 0.2) is 0 Å². The first-order valence-corrected chi connectivity index (χ1v) is 6.76. The molecule has 4 nitrogen and oxygen atoms in total. The number of hydrogen-bond donors (Lipinski definition) is 1. The lowest BCUT2D eigenvalue weighted by Gasteiger charge is -2.17. The van der Waals surface area contributed by atoms with Crippen LogP contribution >= 0.6 is 0 Å². The van der Waals surface area contributed by atoms with Gasteiger partial charge in [-0.1, -0.05) is 19.8 Å². The molecule has 2 unspecified atom stereocenters. The zero-order valence-electron chi connectivity index (χ0n) is 11.1. The predicted octanol–water partition coefficient (Wildman–Crippen LogP) is 4.11. The van der Waals surface area contributed by atoms with Crippen LogP contribution in [0.2, 0.25) is 0 Å². The Morgan fingerprint density at radius 3 is 2.79 bits per heavy atom. The number of benzene rings is 1. The van der Waals surface area contributed by atoms with E-state index in [1.807, 2.05) is 0 Å². The van der Waals surface area contributed by atoms with E-state index in [9.17, 15) is 14.5 Å². The topological polar surface area (TPSA) is 55.2 Å². The summed E-state index contributed by atoms with van der Waals surface area (Å²) >= 11 is 0. The average molecular weight is 266 g/mol. The molecule has 1 aromatic rings. The Hall–Kier alpha value is -1.65. The molecule has 1 aliphatic rings. The van der Waals surface area contributed by atoms with Crippen molar-refractivity contribution in [3.05, 3.63) is 34.1 Å². The minimum atomic E-state index is -0.781. The molecule has 2 rings (SSSR count). The third-order valence-corrected chi connectivity index (χ3v) is 3.77. The van der Waals surface area contributed by atoms with Gasteiger partial charge in [-0.2, -0.15) is 4.39 Å². The maximum absolute atomic E-state index is 13.5. The van der Waals surface area contributed by atoms with Crippen molar-refractivity contribution in [2.75, 3.05) is 5.32 Å². The van der Waals surface area contributed by atoms with Gasteiger partial charge in [-0.15, -0.1) is 0 Å². The Bertz CT molecular complexity index is 465. The van der Waals surface area contributed by atoms with Gasteiger partial charge in [-0.25, -0.2) is 0 Å². The van der Waals surface area contributed by atoms with Crippen molar-refractivity contribution in [3.63, 3.8) is 0 Å². The summed E-state index contributed by atoms with van der Waals surface area (Å²) in [7, 11) is 0. The van der Waals surface area contributed by atoms with Gasteiger partial charge in [0.25, 0.3) is 0 Å². The van der Waals surface area contributed by atoms with E-state index in [1.54, 1.807) is 6.07 Å². The normalized spacial score (nSPS) is 23.7. The molecule has 0 aromatic heterocycles. The Morgan fingerprint density at radius 1 is 1.32 bits per heavy atom. The number of halogens is 1. The van der Waals surface area contributed by atoms with E-state index in [-0.39, 0.29) is 0 Å². The fourth-order valence-corrected chi connectivity index (χ4v) is 2.61. The van der Waals surface area contributed by atoms with Crippen LogP contribution in [0.5, 0.6) is 0 Å².